The van der Waals surface area contributed by atoms with Crippen molar-refractivity contribution < 1.29 is 14.5 Å². The summed E-state index contributed by atoms with van der Waals surface area (Å²) in [6, 6.07) is 13.9. The fraction of sp³-hybridized carbons (Fsp3) is 0.227. The number of aromatic nitrogens is 2. The van der Waals surface area contributed by atoms with Crippen LogP contribution in [0.25, 0.3) is 0 Å². The fourth-order valence-electron chi connectivity index (χ4n) is 3.07. The van der Waals surface area contributed by atoms with Gasteiger partial charge in [-0.15, -0.1) is 0 Å². The molecule has 0 saturated carbocycles. The predicted molar refractivity (Wildman–Crippen MR) is 121 cm³/mol. The highest BCUT2D eigenvalue weighted by atomic mass is 35.5. The number of hydrogen-bond acceptors (Lipinski definition) is 6. The van der Waals surface area contributed by atoms with Crippen LogP contribution in [0.1, 0.15) is 35.5 Å². The second-order valence-electron chi connectivity index (χ2n) is 7.12. The van der Waals surface area contributed by atoms with Crippen molar-refractivity contribution in [3.63, 3.8) is 0 Å². The molecule has 0 saturated heterocycles. The van der Waals surface area contributed by atoms with E-state index in [0.29, 0.717) is 23.1 Å². The summed E-state index contributed by atoms with van der Waals surface area (Å²) in [4.78, 5) is 23.0. The van der Waals surface area contributed by atoms with Crippen LogP contribution in [0.3, 0.4) is 0 Å². The van der Waals surface area contributed by atoms with Gasteiger partial charge in [0.1, 0.15) is 29.8 Å². The molecule has 1 amide bonds. The van der Waals surface area contributed by atoms with Gasteiger partial charge in [0.2, 0.25) is 0 Å². The summed E-state index contributed by atoms with van der Waals surface area (Å²) >= 11 is 5.87. The number of hydrazone groups is 1. The van der Waals surface area contributed by atoms with Crippen LogP contribution in [-0.2, 0) is 11.4 Å². The Kier molecular flexibility index (Phi) is 7.21. The molecule has 3 aromatic rings. The van der Waals surface area contributed by atoms with Crippen LogP contribution >= 0.6 is 11.6 Å². The lowest BCUT2D eigenvalue weighted by Crippen LogP contribution is -2.28. The summed E-state index contributed by atoms with van der Waals surface area (Å²) in [7, 11) is 0. The number of aryl methyl sites for hydroxylation is 1. The molecule has 9 nitrogen and oxygen atoms in total. The first-order valence-corrected chi connectivity index (χ1v) is 10.1. The molecule has 0 bridgehead atoms. The van der Waals surface area contributed by atoms with Crippen LogP contribution in [0.4, 0.5) is 5.69 Å². The van der Waals surface area contributed by atoms with E-state index in [1.807, 2.05) is 24.3 Å². The monoisotopic (exact) mass is 455 g/mol. The Labute approximate surface area is 189 Å². The van der Waals surface area contributed by atoms with Gasteiger partial charge in [-0.1, -0.05) is 23.7 Å². The Morgan fingerprint density at radius 1 is 1.25 bits per heavy atom. The van der Waals surface area contributed by atoms with Crippen molar-refractivity contribution in [2.24, 2.45) is 5.10 Å². The summed E-state index contributed by atoms with van der Waals surface area (Å²) in [5.74, 6) is 0.255. The average Bonchev–Trinajstić information content (AvgIpc) is 3.07. The number of benzene rings is 2. The molecule has 1 atom stereocenters. The Balaban J connectivity index is 1.55. The molecule has 0 aliphatic carbocycles. The summed E-state index contributed by atoms with van der Waals surface area (Å²) in [5.41, 5.74) is 4.69. The average molecular weight is 456 g/mol. The van der Waals surface area contributed by atoms with E-state index in [-0.39, 0.29) is 11.4 Å². The number of halogens is 1. The van der Waals surface area contributed by atoms with Crippen LogP contribution in [0, 0.1) is 24.0 Å². The third-order valence-electron chi connectivity index (χ3n) is 4.80. The van der Waals surface area contributed by atoms with E-state index in [9.17, 15) is 14.9 Å². The molecular formula is C22H22ClN5O4. The summed E-state index contributed by atoms with van der Waals surface area (Å²) < 4.78 is 7.06. The Hall–Kier alpha value is -3.72. The van der Waals surface area contributed by atoms with Crippen molar-refractivity contribution in [2.75, 3.05) is 0 Å². The molecule has 10 heteroatoms. The smallest absolute Gasteiger partial charge is 0.312 e. The minimum Gasteiger partial charge on any atom is -0.489 e. The Morgan fingerprint density at radius 3 is 2.50 bits per heavy atom. The van der Waals surface area contributed by atoms with Gasteiger partial charge in [0.25, 0.3) is 5.91 Å². The molecule has 1 N–H and O–H groups in total. The summed E-state index contributed by atoms with van der Waals surface area (Å²) in [6.07, 6.45) is 1.50. The second-order valence-corrected chi connectivity index (χ2v) is 7.55. The zero-order valence-electron chi connectivity index (χ0n) is 17.8. The zero-order chi connectivity index (χ0) is 23.3. The first-order chi connectivity index (χ1) is 15.3. The number of nitrogens with one attached hydrogen (secondary N) is 1. The van der Waals surface area contributed by atoms with Crippen molar-refractivity contribution in [3.05, 3.63) is 86.2 Å². The maximum atomic E-state index is 12.4. The lowest BCUT2D eigenvalue weighted by Gasteiger charge is -2.11. The highest BCUT2D eigenvalue weighted by Crippen LogP contribution is 2.24. The van der Waals surface area contributed by atoms with Crippen LogP contribution in [0.15, 0.2) is 53.6 Å². The van der Waals surface area contributed by atoms with Gasteiger partial charge in [0.15, 0.2) is 0 Å². The quantitative estimate of drug-likeness (QED) is 0.308. The third kappa shape index (κ3) is 5.50. The number of carbonyl (C=O) groups excluding carboxylic acids is 1. The van der Waals surface area contributed by atoms with Crippen molar-refractivity contribution in [1.29, 1.82) is 0 Å². The van der Waals surface area contributed by atoms with Crippen molar-refractivity contribution >= 4 is 29.4 Å². The molecule has 0 aliphatic heterocycles. The van der Waals surface area contributed by atoms with Crippen molar-refractivity contribution in [3.8, 4) is 5.75 Å². The van der Waals surface area contributed by atoms with Gasteiger partial charge in [-0.2, -0.15) is 10.2 Å². The number of amides is 1. The van der Waals surface area contributed by atoms with E-state index in [2.05, 4.69) is 15.6 Å². The molecular weight excluding hydrogens is 434 g/mol. The number of hydrogen-bond donors (Lipinski definition) is 1. The molecule has 1 heterocycles. The minimum atomic E-state index is -0.761. The lowest BCUT2D eigenvalue weighted by molar-refractivity contribution is -0.386. The molecule has 0 radical (unpaired) electrons. The van der Waals surface area contributed by atoms with Gasteiger partial charge in [0, 0.05) is 5.02 Å². The maximum Gasteiger partial charge on any atom is 0.312 e. The molecule has 32 heavy (non-hydrogen) atoms. The topological polar surface area (TPSA) is 112 Å². The molecule has 0 aliphatic rings. The standard InChI is InChI=1S/C22H22ClN5O4/c1-14-21(28(30)31)15(2)27(26-14)16(3)22(29)25-24-12-17-6-10-20(11-7-17)32-13-18-4-8-19(23)9-5-18/h4-12,16H,13H2,1-3H3,(H,25,29)/b24-12+. The number of rotatable bonds is 8. The number of nitrogens with zero attached hydrogens (tertiary/aromatic N) is 4. The summed E-state index contributed by atoms with van der Waals surface area (Å²) in [6.45, 7) is 5.11. The SMILES string of the molecule is Cc1nn(C(C)C(=O)N/N=C/c2ccc(OCc3ccc(Cl)cc3)cc2)c(C)c1[N+](=O)[O-]. The minimum absolute atomic E-state index is 0.0912. The van der Waals surface area contributed by atoms with Crippen LogP contribution < -0.4 is 10.2 Å². The Morgan fingerprint density at radius 2 is 1.91 bits per heavy atom. The predicted octanol–water partition coefficient (Wildman–Crippen LogP) is 4.35. The second kappa shape index (κ2) is 10.1. The van der Waals surface area contributed by atoms with E-state index in [4.69, 9.17) is 16.3 Å². The van der Waals surface area contributed by atoms with E-state index in [1.165, 1.54) is 17.8 Å². The Bertz CT molecular complexity index is 1140. The van der Waals surface area contributed by atoms with Gasteiger partial charge >= 0.3 is 5.69 Å². The molecule has 0 spiro atoms. The van der Waals surface area contributed by atoms with Crippen LogP contribution in [0.5, 0.6) is 5.75 Å². The maximum absolute atomic E-state index is 12.4. The van der Waals surface area contributed by atoms with Gasteiger partial charge in [-0.3, -0.25) is 19.6 Å². The molecule has 3 rings (SSSR count). The van der Waals surface area contributed by atoms with E-state index in [1.54, 1.807) is 38.1 Å². The van der Waals surface area contributed by atoms with Gasteiger partial charge < -0.3 is 4.74 Å². The number of ether oxygens (including phenoxy) is 1. The van der Waals surface area contributed by atoms with Crippen LogP contribution in [0.2, 0.25) is 5.02 Å². The normalized spacial score (nSPS) is 12.0. The lowest BCUT2D eigenvalue weighted by atomic mass is 10.2. The first-order valence-electron chi connectivity index (χ1n) is 9.76. The highest BCUT2D eigenvalue weighted by molar-refractivity contribution is 6.30. The molecule has 0 fully saturated rings. The number of nitro groups is 1. The largest absolute Gasteiger partial charge is 0.489 e. The third-order valence-corrected chi connectivity index (χ3v) is 5.05. The van der Waals surface area contributed by atoms with Gasteiger partial charge in [-0.05, 0) is 68.3 Å². The fourth-order valence-corrected chi connectivity index (χ4v) is 3.19. The van der Waals surface area contributed by atoms with E-state index >= 15 is 0 Å². The molecule has 166 valence electrons. The highest BCUT2D eigenvalue weighted by Gasteiger charge is 2.26. The van der Waals surface area contributed by atoms with Gasteiger partial charge in [-0.25, -0.2) is 5.43 Å². The van der Waals surface area contributed by atoms with Crippen molar-refractivity contribution in [2.45, 2.75) is 33.4 Å². The summed E-state index contributed by atoms with van der Waals surface area (Å²) in [5, 5.41) is 19.9. The molecule has 2 aromatic carbocycles. The van der Waals surface area contributed by atoms with E-state index < -0.39 is 16.9 Å². The van der Waals surface area contributed by atoms with Gasteiger partial charge in [0.05, 0.1) is 11.1 Å². The van der Waals surface area contributed by atoms with E-state index in [0.717, 1.165) is 11.1 Å². The van der Waals surface area contributed by atoms with Crippen molar-refractivity contribution in [1.82, 2.24) is 15.2 Å². The first kappa shape index (κ1) is 23.0. The zero-order valence-corrected chi connectivity index (χ0v) is 18.5. The molecule has 1 unspecified atom stereocenters. The molecule has 1 aromatic heterocycles. The van der Waals surface area contributed by atoms with Crippen LogP contribution in [-0.4, -0.2) is 26.8 Å². The number of carbonyl (C=O) groups is 1.